The fourth-order valence-electron chi connectivity index (χ4n) is 8.36. The number of carbonyl (C=O) groups excluding carboxylic acids is 2. The van der Waals surface area contributed by atoms with Crippen LogP contribution in [0.3, 0.4) is 0 Å². The number of ether oxygens (including phenoxy) is 1. The quantitative estimate of drug-likeness (QED) is 0.122. The molecule has 0 unspecified atom stereocenters. The Balaban J connectivity index is 0.000000179. The Hall–Kier alpha value is -5.29. The number of phenolic OH excluding ortho intramolecular Hbond substituents is 2. The average Bonchev–Trinajstić information content (AvgIpc) is 3.50. The van der Waals surface area contributed by atoms with Crippen LogP contribution in [-0.4, -0.2) is 64.7 Å². The molecule has 3 N–H and O–H groups in total. The zero-order valence-corrected chi connectivity index (χ0v) is 35.0. The molecule has 10 nitrogen and oxygen atoms in total. The first kappa shape index (κ1) is 41.9. The highest BCUT2D eigenvalue weighted by atomic mass is 35.5. The molecule has 11 heteroatoms. The molecule has 4 aromatic carbocycles. The van der Waals surface area contributed by atoms with Crippen molar-refractivity contribution in [1.29, 1.82) is 0 Å². The Labute approximate surface area is 350 Å². The van der Waals surface area contributed by atoms with E-state index in [0.29, 0.717) is 68.4 Å². The molecule has 0 bridgehead atoms. The molecule has 6 aromatic rings. The number of hydrogen-bond donors (Lipinski definition) is 3. The number of amides is 1. The Bertz CT molecular complexity index is 2400. The highest BCUT2D eigenvalue weighted by Crippen LogP contribution is 2.40. The predicted molar refractivity (Wildman–Crippen MR) is 234 cm³/mol. The molecule has 310 valence electrons. The van der Waals surface area contributed by atoms with Crippen molar-refractivity contribution < 1.29 is 33.4 Å². The van der Waals surface area contributed by atoms with E-state index in [9.17, 15) is 19.8 Å². The average molecular weight is 820 g/mol. The van der Waals surface area contributed by atoms with Crippen LogP contribution < -0.4 is 5.32 Å². The highest BCUT2D eigenvalue weighted by Gasteiger charge is 2.28. The normalized spacial score (nSPS) is 15.3. The highest BCUT2D eigenvalue weighted by molar-refractivity contribution is 6.32. The molecule has 2 aliphatic rings. The summed E-state index contributed by atoms with van der Waals surface area (Å²) < 4.78 is 17.4. The summed E-state index contributed by atoms with van der Waals surface area (Å²) in [6.45, 7) is 10.9. The topological polar surface area (TPSA) is 129 Å². The Morgan fingerprint density at radius 3 is 1.80 bits per heavy atom. The molecule has 0 saturated carbocycles. The Morgan fingerprint density at radius 2 is 1.24 bits per heavy atom. The standard InChI is InChI=1S/C24H27ClN2O3.C24H27NO4/c1-15-18(25)8-7-9-19(15)26-24(29)22-16(2)30-21-11-10-20(28)17(23(21)22)14-27-12-5-3-4-6-13-27;1-2-28-24(27)22-21-18(16-25-14-8-3-4-9-15-25)19(26)12-13-20(21)29-23(22)17-10-6-5-7-11-17/h7-11,28H,3-6,12-14H2,1-2H3,(H,26,29);5-7,10-13,26H,2-4,8-9,14-16H2,1H3. The van der Waals surface area contributed by atoms with Gasteiger partial charge in [-0.25, -0.2) is 4.79 Å². The van der Waals surface area contributed by atoms with Gasteiger partial charge in [0.15, 0.2) is 0 Å². The smallest absolute Gasteiger partial charge is 0.342 e. The van der Waals surface area contributed by atoms with Gasteiger partial charge in [0.2, 0.25) is 0 Å². The van der Waals surface area contributed by atoms with Crippen molar-refractivity contribution in [3.05, 3.63) is 111 Å². The van der Waals surface area contributed by atoms with Crippen LogP contribution in [0.15, 0.2) is 81.6 Å². The molecule has 8 rings (SSSR count). The lowest BCUT2D eigenvalue weighted by Crippen LogP contribution is -2.24. The van der Waals surface area contributed by atoms with Crippen molar-refractivity contribution in [2.45, 2.75) is 85.2 Å². The van der Waals surface area contributed by atoms with Crippen molar-refractivity contribution in [2.24, 2.45) is 0 Å². The van der Waals surface area contributed by atoms with Crippen LogP contribution in [0.5, 0.6) is 11.5 Å². The minimum absolute atomic E-state index is 0.188. The van der Waals surface area contributed by atoms with Crippen LogP contribution in [0.1, 0.15) is 101 Å². The number of rotatable bonds is 9. The summed E-state index contributed by atoms with van der Waals surface area (Å²) >= 11 is 6.21. The van der Waals surface area contributed by atoms with E-state index < -0.39 is 5.97 Å². The van der Waals surface area contributed by atoms with E-state index >= 15 is 0 Å². The fraction of sp³-hybridized carbons (Fsp3) is 0.375. The van der Waals surface area contributed by atoms with E-state index in [1.807, 2.05) is 49.4 Å². The zero-order valence-electron chi connectivity index (χ0n) is 34.2. The van der Waals surface area contributed by atoms with E-state index in [1.54, 1.807) is 44.2 Å². The molecule has 0 radical (unpaired) electrons. The van der Waals surface area contributed by atoms with E-state index in [4.69, 9.17) is 25.2 Å². The number of esters is 1. The number of fused-ring (bicyclic) bond motifs is 2. The molecule has 4 heterocycles. The van der Waals surface area contributed by atoms with Crippen molar-refractivity contribution in [3.63, 3.8) is 0 Å². The number of benzene rings is 4. The summed E-state index contributed by atoms with van der Waals surface area (Å²) in [7, 11) is 0. The van der Waals surface area contributed by atoms with E-state index in [-0.39, 0.29) is 24.0 Å². The van der Waals surface area contributed by atoms with Crippen LogP contribution in [0, 0.1) is 13.8 Å². The maximum atomic E-state index is 13.3. The summed E-state index contributed by atoms with van der Waals surface area (Å²) in [6.07, 6.45) is 9.58. The number of nitrogens with one attached hydrogen (secondary N) is 1. The number of furan rings is 2. The van der Waals surface area contributed by atoms with Gasteiger partial charge in [-0.2, -0.15) is 0 Å². The number of carbonyl (C=O) groups is 2. The first-order chi connectivity index (χ1) is 28.6. The van der Waals surface area contributed by atoms with Crippen LogP contribution in [0.2, 0.25) is 5.02 Å². The van der Waals surface area contributed by atoms with E-state index in [0.717, 1.165) is 74.1 Å². The summed E-state index contributed by atoms with van der Waals surface area (Å²) in [4.78, 5) is 30.9. The number of aromatic hydroxyl groups is 2. The second-order valence-electron chi connectivity index (χ2n) is 15.5. The summed E-state index contributed by atoms with van der Waals surface area (Å²) in [5.74, 6) is 0.715. The number of nitrogens with zero attached hydrogens (tertiary/aromatic N) is 2. The van der Waals surface area contributed by atoms with Gasteiger partial charge in [0.1, 0.15) is 39.7 Å². The van der Waals surface area contributed by atoms with Crippen LogP contribution in [-0.2, 0) is 17.8 Å². The van der Waals surface area contributed by atoms with Crippen molar-refractivity contribution in [3.8, 4) is 22.8 Å². The number of hydrogen-bond acceptors (Lipinski definition) is 9. The van der Waals surface area contributed by atoms with Crippen molar-refractivity contribution in [1.82, 2.24) is 9.80 Å². The molecule has 0 spiro atoms. The number of anilines is 1. The summed E-state index contributed by atoms with van der Waals surface area (Å²) in [5.41, 5.74) is 5.84. The lowest BCUT2D eigenvalue weighted by atomic mass is 10.0. The zero-order chi connectivity index (χ0) is 41.5. The second kappa shape index (κ2) is 19.2. The van der Waals surface area contributed by atoms with Gasteiger partial charge in [0, 0.05) is 51.3 Å². The molecule has 0 aliphatic carbocycles. The summed E-state index contributed by atoms with van der Waals surface area (Å²) in [5, 5.41) is 26.3. The maximum absolute atomic E-state index is 13.3. The van der Waals surface area contributed by atoms with Gasteiger partial charge in [-0.3, -0.25) is 14.6 Å². The van der Waals surface area contributed by atoms with Gasteiger partial charge in [0.05, 0.1) is 12.2 Å². The third-order valence-corrected chi connectivity index (χ3v) is 11.9. The Kier molecular flexibility index (Phi) is 13.6. The number of likely N-dealkylation sites (tertiary alicyclic amines) is 2. The molecule has 1 amide bonds. The Morgan fingerprint density at radius 1 is 0.695 bits per heavy atom. The van der Waals surface area contributed by atoms with Gasteiger partial charge in [-0.15, -0.1) is 0 Å². The van der Waals surface area contributed by atoms with Crippen molar-refractivity contribution >= 4 is 51.1 Å². The molecular weight excluding hydrogens is 766 g/mol. The number of aryl methyl sites for hydroxylation is 1. The van der Waals surface area contributed by atoms with Crippen LogP contribution in [0.4, 0.5) is 5.69 Å². The van der Waals surface area contributed by atoms with Gasteiger partial charge < -0.3 is 29.1 Å². The maximum Gasteiger partial charge on any atom is 0.342 e. The third-order valence-electron chi connectivity index (χ3n) is 11.5. The van der Waals surface area contributed by atoms with Gasteiger partial charge in [-0.1, -0.05) is 73.7 Å². The van der Waals surface area contributed by atoms with E-state index in [2.05, 4.69) is 15.1 Å². The molecular formula is C48H54ClN3O7. The predicted octanol–water partition coefficient (Wildman–Crippen LogP) is 11.4. The number of halogens is 1. The molecule has 2 aromatic heterocycles. The lowest BCUT2D eigenvalue weighted by molar-refractivity contribution is 0.0528. The van der Waals surface area contributed by atoms with Crippen LogP contribution >= 0.6 is 11.6 Å². The first-order valence-electron chi connectivity index (χ1n) is 20.9. The van der Waals surface area contributed by atoms with Gasteiger partial charge in [-0.05, 0) is 115 Å². The van der Waals surface area contributed by atoms with E-state index in [1.165, 1.54) is 25.7 Å². The SMILES string of the molecule is CCOC(=O)c1c(-c2ccccc2)oc2ccc(O)c(CN3CCCCCC3)c12.Cc1oc2ccc(O)c(CN3CCCCCC3)c2c1C(=O)Nc1cccc(Cl)c1C. The third kappa shape index (κ3) is 9.46. The molecule has 2 aliphatic heterocycles. The van der Waals surface area contributed by atoms with Crippen LogP contribution in [0.25, 0.3) is 33.3 Å². The number of phenols is 2. The summed E-state index contributed by atoms with van der Waals surface area (Å²) in [6, 6.07) is 21.8. The molecule has 59 heavy (non-hydrogen) atoms. The fourth-order valence-corrected chi connectivity index (χ4v) is 8.54. The second-order valence-corrected chi connectivity index (χ2v) is 16.0. The minimum Gasteiger partial charge on any atom is -0.508 e. The largest absolute Gasteiger partial charge is 0.508 e. The lowest BCUT2D eigenvalue weighted by Gasteiger charge is -2.21. The first-order valence-corrected chi connectivity index (χ1v) is 21.3. The van der Waals surface area contributed by atoms with Gasteiger partial charge in [0.25, 0.3) is 5.91 Å². The van der Waals surface area contributed by atoms with Crippen molar-refractivity contribution in [2.75, 3.05) is 38.1 Å². The monoisotopic (exact) mass is 819 g/mol. The molecule has 0 atom stereocenters. The molecule has 2 saturated heterocycles. The minimum atomic E-state index is -0.423. The van der Waals surface area contributed by atoms with Gasteiger partial charge >= 0.3 is 5.97 Å². The molecule has 2 fully saturated rings.